The second-order valence-electron chi connectivity index (χ2n) is 24.3. The van der Waals surface area contributed by atoms with Gasteiger partial charge in [-0.1, -0.05) is 20.8 Å². The van der Waals surface area contributed by atoms with Crippen molar-refractivity contribution in [3.8, 4) is 0 Å². The first-order valence-electron chi connectivity index (χ1n) is 28.5. The number of aliphatic hydroxyl groups is 9. The third-order valence-electron chi connectivity index (χ3n) is 17.5. The molecule has 0 radical (unpaired) electrons. The van der Waals surface area contributed by atoms with Gasteiger partial charge in [0, 0.05) is 44.6 Å². The van der Waals surface area contributed by atoms with Gasteiger partial charge in [0.25, 0.3) is 0 Å². The maximum atomic E-state index is 14.8. The van der Waals surface area contributed by atoms with Gasteiger partial charge in [-0.05, 0) is 94.8 Å². The van der Waals surface area contributed by atoms with E-state index in [2.05, 4.69) is 5.32 Å². The van der Waals surface area contributed by atoms with Crippen molar-refractivity contribution in [2.45, 2.75) is 247 Å². The summed E-state index contributed by atoms with van der Waals surface area (Å²) in [5.74, 6) is -2.99. The molecule has 476 valence electrons. The number of aliphatic hydroxyl groups excluding tert-OH is 8. The number of alkyl carbamates (subject to hydrolysis) is 1. The molecule has 6 heterocycles. The van der Waals surface area contributed by atoms with Crippen LogP contribution in [-0.4, -0.2) is 287 Å². The van der Waals surface area contributed by atoms with Gasteiger partial charge in [-0.25, -0.2) is 9.59 Å². The molecule has 6 aliphatic heterocycles. The fourth-order valence-corrected chi connectivity index (χ4v) is 12.7. The molecule has 10 N–H and O–H groups in total. The molecule has 0 aromatic rings. The quantitative estimate of drug-likeness (QED) is 0.0475. The summed E-state index contributed by atoms with van der Waals surface area (Å²) in [6.07, 6.45) is -27.6. The van der Waals surface area contributed by atoms with Crippen LogP contribution in [0.4, 0.5) is 9.59 Å². The fraction of sp³-hybridized carbons (Fsp3) is 0.944. The topological polar surface area (TPSA) is 372 Å². The number of hydrogen-bond donors (Lipinski definition) is 10. The minimum Gasteiger partial charge on any atom is -0.458 e. The maximum Gasteiger partial charge on any atom is 0.509 e. The van der Waals surface area contributed by atoms with Crippen molar-refractivity contribution in [2.24, 2.45) is 17.8 Å². The summed E-state index contributed by atoms with van der Waals surface area (Å²) in [6, 6.07) is -0.796. The molecule has 28 heteroatoms. The van der Waals surface area contributed by atoms with Gasteiger partial charge in [-0.2, -0.15) is 0 Å². The number of rotatable bonds is 16. The Morgan fingerprint density at radius 3 is 2.02 bits per heavy atom. The van der Waals surface area contributed by atoms with E-state index in [1.54, 1.807) is 48.5 Å². The maximum absolute atomic E-state index is 14.8. The molecule has 0 aliphatic carbocycles. The molecular formula is C54H95N3O25. The van der Waals surface area contributed by atoms with Crippen molar-refractivity contribution in [1.82, 2.24) is 15.1 Å². The first-order chi connectivity index (χ1) is 38.4. The van der Waals surface area contributed by atoms with Gasteiger partial charge in [-0.15, -0.1) is 0 Å². The first-order valence-corrected chi connectivity index (χ1v) is 28.5. The standard InChI is InChI=1S/C54H95N3O25/c1-15-33-54(10)44(81-51(68)82-54)28(6)57(13)21-24(2)19-52(8,69)43(79-48-35(60)30(56(11)12)18-25(3)72-48)26(4)41(27(5)46(66)76-33)77-34-20-53(9,70-14)45(29(7)73-34)80-50(67)55-16-17-71-47-40(65)38(63)42(32(23-59)75-47)78-49-39(64)37(62)36(61)31(22-58)74-49/h24-45,47-49,58-65,69H,15-23H2,1-14H3,(H,55,67)/t24-,25-,26-,27-,28-,29+,30+,31-,32-,33-,34+,35-,36-,37+,38-,39-,40-,41-,42-,43-,44-,45+,47-,48+,49-,52-,53-,54-/m1/s1. The Kier molecular flexibility index (Phi) is 23.6. The molecule has 6 rings (SSSR count). The summed E-state index contributed by atoms with van der Waals surface area (Å²) in [5, 5.41) is 99.6. The highest BCUT2D eigenvalue weighted by Crippen LogP contribution is 2.43. The molecule has 28 nitrogen and oxygen atoms in total. The van der Waals surface area contributed by atoms with Gasteiger partial charge < -0.3 is 118 Å². The number of carbonyl (C=O) groups is 3. The SMILES string of the molecule is CC[C@H]1OC(=O)[C@H](C)[C@H](O[C@H]2C[C@@](C)(OC)[C@@H](OC(=O)NCCO[C@@H]3O[C@H](CO)[C@@H](O[C@H]4O[C@H](CO)[C@@H](O)[C@H](O)[C@H]4O)[C@H](O)[C@H]3O)[C@H](C)O2)[C@@H](C)[C@@H](O[C@@H]2O[C@H](C)C[C@H](N(C)C)[C@H]2O)[C@](C)(O)C[C@@H](C)CN(C)[C@H](C)[C@H]2OC(=O)O[C@@]21C. The largest absolute Gasteiger partial charge is 0.509 e. The lowest BCUT2D eigenvalue weighted by atomic mass is 9.77. The molecule has 0 aromatic carbocycles. The van der Waals surface area contributed by atoms with Crippen LogP contribution in [0.3, 0.4) is 0 Å². The van der Waals surface area contributed by atoms with Crippen molar-refractivity contribution in [3.63, 3.8) is 0 Å². The lowest BCUT2D eigenvalue weighted by molar-refractivity contribution is -0.359. The van der Waals surface area contributed by atoms with Crippen LogP contribution in [0.5, 0.6) is 0 Å². The average molecular weight is 1190 g/mol. The molecule has 0 unspecified atom stereocenters. The highest BCUT2D eigenvalue weighted by molar-refractivity contribution is 5.73. The zero-order chi connectivity index (χ0) is 61.1. The molecule has 28 atom stereocenters. The van der Waals surface area contributed by atoms with E-state index < -0.39 is 183 Å². The van der Waals surface area contributed by atoms with Crippen LogP contribution in [0, 0.1) is 17.8 Å². The van der Waals surface area contributed by atoms with Gasteiger partial charge in [0.15, 0.2) is 43.0 Å². The summed E-state index contributed by atoms with van der Waals surface area (Å²) in [4.78, 5) is 45.1. The van der Waals surface area contributed by atoms with Gasteiger partial charge in [0.2, 0.25) is 0 Å². The summed E-state index contributed by atoms with van der Waals surface area (Å²) < 4.78 is 78.7. The van der Waals surface area contributed by atoms with Crippen molar-refractivity contribution >= 4 is 18.2 Å². The number of cyclic esters (lactones) is 1. The second-order valence-corrected chi connectivity index (χ2v) is 24.3. The predicted octanol–water partition coefficient (Wildman–Crippen LogP) is -1.54. The van der Waals surface area contributed by atoms with E-state index in [1.165, 1.54) is 7.11 Å². The van der Waals surface area contributed by atoms with Crippen molar-refractivity contribution in [2.75, 3.05) is 61.2 Å². The Morgan fingerprint density at radius 1 is 0.768 bits per heavy atom. The number of hydrogen-bond acceptors (Lipinski definition) is 27. The number of nitrogens with zero attached hydrogens (tertiary/aromatic N) is 2. The molecular weight excluding hydrogens is 1090 g/mol. The average Bonchev–Trinajstić information content (AvgIpc) is 3.21. The Morgan fingerprint density at radius 2 is 1.40 bits per heavy atom. The molecule has 1 amide bonds. The Balaban J connectivity index is 1.18. The van der Waals surface area contributed by atoms with Crippen LogP contribution in [0.15, 0.2) is 0 Å². The molecule has 0 saturated carbocycles. The lowest BCUT2D eigenvalue weighted by Gasteiger charge is -2.49. The van der Waals surface area contributed by atoms with E-state index in [0.717, 1.165) is 0 Å². The smallest absolute Gasteiger partial charge is 0.458 e. The number of methoxy groups -OCH3 is 1. The number of likely N-dealkylation sites (N-methyl/N-ethyl adjacent to an activating group) is 2. The Hall–Kier alpha value is -2.79. The van der Waals surface area contributed by atoms with Crippen LogP contribution >= 0.6 is 0 Å². The number of fused-ring (bicyclic) bond motifs is 1. The minimum absolute atomic E-state index is 0.0769. The highest BCUT2D eigenvalue weighted by Gasteiger charge is 2.59. The van der Waals surface area contributed by atoms with Gasteiger partial charge in [-0.3, -0.25) is 9.69 Å². The van der Waals surface area contributed by atoms with E-state index in [0.29, 0.717) is 13.0 Å². The van der Waals surface area contributed by atoms with Crippen LogP contribution in [-0.2, 0) is 66.4 Å². The molecule has 0 aromatic heterocycles. The molecule has 0 bridgehead atoms. The Bertz CT molecular complexity index is 2060. The minimum atomic E-state index is -1.84. The number of esters is 1. The summed E-state index contributed by atoms with van der Waals surface area (Å²) in [7, 11) is 6.99. The normalized spacial score (nSPS) is 47.5. The van der Waals surface area contributed by atoms with Gasteiger partial charge in [0.05, 0.1) is 55.8 Å². The van der Waals surface area contributed by atoms with Crippen LogP contribution < -0.4 is 5.32 Å². The zero-order valence-corrected chi connectivity index (χ0v) is 49.7. The number of carbonyl (C=O) groups excluding carboxylic acids is 3. The summed E-state index contributed by atoms with van der Waals surface area (Å²) in [6.45, 7) is 15.9. The molecule has 6 fully saturated rings. The molecule has 6 saturated heterocycles. The highest BCUT2D eigenvalue weighted by atomic mass is 16.8. The van der Waals surface area contributed by atoms with E-state index in [4.69, 9.17) is 61.6 Å². The van der Waals surface area contributed by atoms with Crippen molar-refractivity contribution < 1.29 is 122 Å². The fourth-order valence-electron chi connectivity index (χ4n) is 12.7. The van der Waals surface area contributed by atoms with E-state index in [1.807, 2.05) is 51.7 Å². The molecule has 6 aliphatic rings. The van der Waals surface area contributed by atoms with Crippen molar-refractivity contribution in [3.05, 3.63) is 0 Å². The summed E-state index contributed by atoms with van der Waals surface area (Å²) in [5.41, 5.74) is -4.40. The predicted molar refractivity (Wildman–Crippen MR) is 282 cm³/mol. The third kappa shape index (κ3) is 15.1. The van der Waals surface area contributed by atoms with Crippen LogP contribution in [0.1, 0.15) is 94.9 Å². The van der Waals surface area contributed by atoms with Gasteiger partial charge >= 0.3 is 18.2 Å². The third-order valence-corrected chi connectivity index (χ3v) is 17.5. The monoisotopic (exact) mass is 1190 g/mol. The Labute approximate surface area is 479 Å². The zero-order valence-electron chi connectivity index (χ0n) is 49.7. The van der Waals surface area contributed by atoms with E-state index in [9.17, 15) is 60.3 Å². The summed E-state index contributed by atoms with van der Waals surface area (Å²) >= 11 is 0. The molecule has 0 spiro atoms. The van der Waals surface area contributed by atoms with E-state index in [-0.39, 0.29) is 50.5 Å². The number of nitrogens with one attached hydrogen (secondary N) is 1. The van der Waals surface area contributed by atoms with Crippen LogP contribution in [0.2, 0.25) is 0 Å². The van der Waals surface area contributed by atoms with Gasteiger partial charge in [0.1, 0.15) is 66.6 Å². The number of ether oxygens (including phenoxy) is 13. The first kappa shape index (κ1) is 68.3. The van der Waals surface area contributed by atoms with Crippen LogP contribution in [0.25, 0.3) is 0 Å². The van der Waals surface area contributed by atoms with Crippen molar-refractivity contribution in [1.29, 1.82) is 0 Å². The van der Waals surface area contributed by atoms with E-state index >= 15 is 0 Å². The molecule has 82 heavy (non-hydrogen) atoms. The lowest BCUT2D eigenvalue weighted by Crippen LogP contribution is -2.64. The number of amides is 1. The second kappa shape index (κ2) is 28.4.